The first-order chi connectivity index (χ1) is 12.2. The van der Waals surface area contributed by atoms with Crippen molar-refractivity contribution in [3.05, 3.63) is 59.2 Å². The molecule has 0 bridgehead atoms. The summed E-state index contributed by atoms with van der Waals surface area (Å²) in [4.78, 5) is 46.0. The van der Waals surface area contributed by atoms with Crippen LogP contribution in [-0.2, 0) is 9.53 Å². The van der Waals surface area contributed by atoms with E-state index in [2.05, 4.69) is 6.58 Å². The summed E-state index contributed by atoms with van der Waals surface area (Å²) in [6, 6.07) is 4.95. The second kappa shape index (κ2) is 7.06. The summed E-state index contributed by atoms with van der Waals surface area (Å²) >= 11 is 0. The van der Waals surface area contributed by atoms with E-state index in [1.54, 1.807) is 0 Å². The Morgan fingerprint density at radius 2 is 1.62 bits per heavy atom. The molecular weight excluding hydrogens is 344 g/mol. The quantitative estimate of drug-likeness (QED) is 0.529. The number of carboxylic acid groups (broad SMARTS) is 3. The Balaban J connectivity index is 2.87. The Hall–Kier alpha value is -3.68. The molecule has 2 aromatic rings. The van der Waals surface area contributed by atoms with Gasteiger partial charge in [0.25, 0.3) is 0 Å². The maximum Gasteiger partial charge on any atom is 0.337 e. The smallest absolute Gasteiger partial charge is 0.337 e. The van der Waals surface area contributed by atoms with Crippen molar-refractivity contribution in [2.75, 3.05) is 0 Å². The van der Waals surface area contributed by atoms with E-state index >= 15 is 0 Å². The molecule has 0 saturated carbocycles. The van der Waals surface area contributed by atoms with Gasteiger partial charge in [0.05, 0.1) is 16.7 Å². The maximum absolute atomic E-state index is 11.7. The number of benzene rings is 2. The Morgan fingerprint density at radius 3 is 2.12 bits per heavy atom. The molecule has 1 atom stereocenters. The van der Waals surface area contributed by atoms with Gasteiger partial charge in [-0.2, -0.15) is 0 Å². The number of fused-ring (bicyclic) bond motifs is 1. The Morgan fingerprint density at radius 1 is 1.00 bits per heavy atom. The molecule has 0 fully saturated rings. The number of rotatable bonds is 6. The minimum atomic E-state index is -1.51. The van der Waals surface area contributed by atoms with Crippen molar-refractivity contribution in [3.8, 4) is 0 Å². The van der Waals surface area contributed by atoms with Crippen molar-refractivity contribution >= 4 is 34.6 Å². The van der Waals surface area contributed by atoms with Gasteiger partial charge in [-0.15, -0.1) is 0 Å². The van der Waals surface area contributed by atoms with Crippen LogP contribution < -0.4 is 0 Å². The highest BCUT2D eigenvalue weighted by Crippen LogP contribution is 2.32. The third-order valence-corrected chi connectivity index (χ3v) is 3.74. The van der Waals surface area contributed by atoms with Gasteiger partial charge in [-0.3, -0.25) is 0 Å². The molecule has 0 amide bonds. The molecule has 0 spiro atoms. The van der Waals surface area contributed by atoms with E-state index in [1.807, 2.05) is 0 Å². The molecule has 0 heterocycles. The summed E-state index contributed by atoms with van der Waals surface area (Å²) in [5, 5.41) is 28.4. The van der Waals surface area contributed by atoms with Crippen molar-refractivity contribution in [1.82, 2.24) is 0 Å². The molecule has 0 aliphatic rings. The van der Waals surface area contributed by atoms with Crippen molar-refractivity contribution in [2.45, 2.75) is 13.0 Å². The molecule has 8 heteroatoms. The summed E-state index contributed by atoms with van der Waals surface area (Å²) in [5.41, 5.74) is -1.21. The Bertz CT molecular complexity index is 957. The van der Waals surface area contributed by atoms with Gasteiger partial charge >= 0.3 is 23.9 Å². The summed E-state index contributed by atoms with van der Waals surface area (Å²) in [7, 11) is 0. The third kappa shape index (κ3) is 3.39. The molecule has 3 N–H and O–H groups in total. The molecule has 1 unspecified atom stereocenters. The standard InChI is InChI=1S/C18H14O8/c1-3-13(19)26-8(2)12-7-10-6-9(16(20)21)4-5-11(10)14(17(22)23)15(12)18(24)25/h3-8H,1H2,2H3,(H,20,21)(H,22,23)(H,24,25). The minimum absolute atomic E-state index is 0.0610. The first-order valence-corrected chi connectivity index (χ1v) is 7.31. The van der Waals surface area contributed by atoms with Crippen molar-refractivity contribution < 1.29 is 39.2 Å². The van der Waals surface area contributed by atoms with Crippen LogP contribution in [0.15, 0.2) is 36.9 Å². The molecule has 0 saturated heterocycles. The molecule has 2 rings (SSSR count). The van der Waals surface area contributed by atoms with Gasteiger partial charge in [0.1, 0.15) is 6.10 Å². The first kappa shape index (κ1) is 18.7. The summed E-state index contributed by atoms with van der Waals surface area (Å²) in [6.07, 6.45) is -0.207. The molecule has 8 nitrogen and oxygen atoms in total. The number of carbonyl (C=O) groups is 4. The largest absolute Gasteiger partial charge is 0.478 e. The van der Waals surface area contributed by atoms with E-state index in [9.17, 15) is 29.4 Å². The highest BCUT2D eigenvalue weighted by atomic mass is 16.5. The van der Waals surface area contributed by atoms with E-state index in [4.69, 9.17) is 9.84 Å². The van der Waals surface area contributed by atoms with Gasteiger partial charge in [-0.05, 0) is 35.9 Å². The van der Waals surface area contributed by atoms with Gasteiger partial charge in [0, 0.05) is 11.6 Å². The molecule has 134 valence electrons. The topological polar surface area (TPSA) is 138 Å². The average Bonchev–Trinajstić information content (AvgIpc) is 2.58. The predicted octanol–water partition coefficient (Wildman–Crippen LogP) is 2.72. The number of carbonyl (C=O) groups excluding carboxylic acids is 1. The van der Waals surface area contributed by atoms with Gasteiger partial charge < -0.3 is 20.1 Å². The highest BCUT2D eigenvalue weighted by molar-refractivity contribution is 6.13. The van der Waals surface area contributed by atoms with E-state index < -0.39 is 41.1 Å². The van der Waals surface area contributed by atoms with Crippen LogP contribution in [0.25, 0.3) is 10.8 Å². The van der Waals surface area contributed by atoms with Crippen LogP contribution in [0.2, 0.25) is 0 Å². The fourth-order valence-corrected chi connectivity index (χ4v) is 2.62. The van der Waals surface area contributed by atoms with E-state index in [0.29, 0.717) is 0 Å². The maximum atomic E-state index is 11.7. The minimum Gasteiger partial charge on any atom is -0.478 e. The van der Waals surface area contributed by atoms with E-state index in [1.165, 1.54) is 31.2 Å². The molecule has 0 aliphatic carbocycles. The summed E-state index contributed by atoms with van der Waals surface area (Å²) in [6.45, 7) is 4.62. The van der Waals surface area contributed by atoms with Crippen molar-refractivity contribution in [3.63, 3.8) is 0 Å². The van der Waals surface area contributed by atoms with Gasteiger partial charge in [0.15, 0.2) is 0 Å². The second-order valence-electron chi connectivity index (χ2n) is 5.35. The number of esters is 1. The van der Waals surface area contributed by atoms with Crippen molar-refractivity contribution in [1.29, 1.82) is 0 Å². The zero-order chi connectivity index (χ0) is 19.6. The van der Waals surface area contributed by atoms with Gasteiger partial charge in [-0.25, -0.2) is 19.2 Å². The Kier molecular flexibility index (Phi) is 5.06. The number of hydrogen-bond donors (Lipinski definition) is 3. The molecule has 0 aliphatic heterocycles. The number of aromatic carboxylic acids is 3. The fraction of sp³-hybridized carbons (Fsp3) is 0.111. The van der Waals surface area contributed by atoms with Crippen LogP contribution in [0.3, 0.4) is 0 Å². The second-order valence-corrected chi connectivity index (χ2v) is 5.35. The normalized spacial score (nSPS) is 11.6. The van der Waals surface area contributed by atoms with E-state index in [-0.39, 0.29) is 21.9 Å². The van der Waals surface area contributed by atoms with Gasteiger partial charge in [0.2, 0.25) is 0 Å². The third-order valence-electron chi connectivity index (χ3n) is 3.74. The number of ether oxygens (including phenoxy) is 1. The summed E-state index contributed by atoms with van der Waals surface area (Å²) in [5.74, 6) is -5.05. The average molecular weight is 358 g/mol. The zero-order valence-electron chi connectivity index (χ0n) is 13.6. The Labute approximate surface area is 146 Å². The van der Waals surface area contributed by atoms with Crippen LogP contribution in [0.4, 0.5) is 0 Å². The van der Waals surface area contributed by atoms with Crippen LogP contribution >= 0.6 is 0 Å². The van der Waals surface area contributed by atoms with Crippen molar-refractivity contribution in [2.24, 2.45) is 0 Å². The van der Waals surface area contributed by atoms with Crippen LogP contribution in [0.1, 0.15) is 49.7 Å². The lowest BCUT2D eigenvalue weighted by atomic mass is 9.91. The lowest BCUT2D eigenvalue weighted by Crippen LogP contribution is -2.16. The van der Waals surface area contributed by atoms with Crippen LogP contribution in [-0.4, -0.2) is 39.2 Å². The fourth-order valence-electron chi connectivity index (χ4n) is 2.62. The molecule has 0 radical (unpaired) electrons. The van der Waals surface area contributed by atoms with Crippen LogP contribution in [0, 0.1) is 0 Å². The summed E-state index contributed by atoms with van der Waals surface area (Å²) < 4.78 is 5.01. The lowest BCUT2D eigenvalue weighted by molar-refractivity contribution is -0.142. The SMILES string of the molecule is C=CC(=O)OC(C)c1cc2cc(C(=O)O)ccc2c(C(=O)O)c1C(=O)O. The highest BCUT2D eigenvalue weighted by Gasteiger charge is 2.27. The monoisotopic (exact) mass is 358 g/mol. The molecule has 26 heavy (non-hydrogen) atoms. The first-order valence-electron chi connectivity index (χ1n) is 7.31. The van der Waals surface area contributed by atoms with E-state index in [0.717, 1.165) is 6.08 Å². The zero-order valence-corrected chi connectivity index (χ0v) is 13.6. The predicted molar refractivity (Wildman–Crippen MR) is 89.5 cm³/mol. The van der Waals surface area contributed by atoms with Crippen LogP contribution in [0.5, 0.6) is 0 Å². The lowest BCUT2D eigenvalue weighted by Gasteiger charge is -2.18. The molecule has 0 aromatic heterocycles. The molecule has 2 aromatic carbocycles. The molecular formula is C18H14O8. The number of hydrogen-bond acceptors (Lipinski definition) is 5. The van der Waals surface area contributed by atoms with Gasteiger partial charge in [-0.1, -0.05) is 12.6 Å². The number of carboxylic acids is 3.